The third-order valence-electron chi connectivity index (χ3n) is 5.01. The molecule has 5 rings (SSSR count). The highest BCUT2D eigenvalue weighted by atomic mass is 35.5. The van der Waals surface area contributed by atoms with E-state index >= 15 is 4.39 Å². The van der Waals surface area contributed by atoms with Crippen LogP contribution < -0.4 is 4.72 Å². The number of H-pyrrole nitrogens is 1. The molecule has 0 bridgehead atoms. The molecule has 0 aliphatic carbocycles. The van der Waals surface area contributed by atoms with Crippen LogP contribution in [-0.4, -0.2) is 33.6 Å². The van der Waals surface area contributed by atoms with Crippen molar-refractivity contribution >= 4 is 49.2 Å². The Morgan fingerprint density at radius 2 is 1.84 bits per heavy atom. The summed E-state index contributed by atoms with van der Waals surface area (Å²) in [5, 5.41) is 0.821. The van der Waals surface area contributed by atoms with Crippen LogP contribution in [0.1, 0.15) is 0 Å². The molecule has 0 spiro atoms. The molecule has 32 heavy (non-hydrogen) atoms. The number of pyridine rings is 3. The summed E-state index contributed by atoms with van der Waals surface area (Å²) in [4.78, 5) is 16.0. The number of rotatable bonds is 5. The van der Waals surface area contributed by atoms with Crippen LogP contribution in [0.3, 0.4) is 0 Å². The number of alkyl halides is 1. The van der Waals surface area contributed by atoms with Gasteiger partial charge in [0.05, 0.1) is 23.6 Å². The molecule has 0 fully saturated rings. The third kappa shape index (κ3) is 3.65. The largest absolute Gasteiger partial charge is 0.338 e. The second-order valence-electron chi connectivity index (χ2n) is 7.09. The Kier molecular flexibility index (Phi) is 4.99. The standard InChI is InChI=1S/C22H15ClFN5O2S/c23-12-32(30,31)29-15-5-3-13(4-6-15)20-17(24)10-27-22-21(20)16-8-18(26-11-19(16)28-22)14-2-1-7-25-9-14/h1-11,29H,12H2,(H,27,28). The predicted molar refractivity (Wildman–Crippen MR) is 123 cm³/mol. The molecule has 5 aromatic rings. The van der Waals surface area contributed by atoms with E-state index < -0.39 is 21.1 Å². The molecule has 10 heteroatoms. The van der Waals surface area contributed by atoms with E-state index in [1.165, 1.54) is 0 Å². The lowest BCUT2D eigenvalue weighted by molar-refractivity contribution is 0.605. The fourth-order valence-electron chi connectivity index (χ4n) is 3.60. The van der Waals surface area contributed by atoms with Crippen molar-refractivity contribution in [1.29, 1.82) is 0 Å². The number of fused-ring (bicyclic) bond motifs is 3. The quantitative estimate of drug-likeness (QED) is 0.357. The van der Waals surface area contributed by atoms with E-state index in [4.69, 9.17) is 11.6 Å². The monoisotopic (exact) mass is 467 g/mol. The van der Waals surface area contributed by atoms with Crippen LogP contribution in [0.2, 0.25) is 0 Å². The molecular formula is C22H15ClFN5O2S. The highest BCUT2D eigenvalue weighted by Crippen LogP contribution is 2.36. The summed E-state index contributed by atoms with van der Waals surface area (Å²) in [5.41, 5.74) is 4.05. The number of nitrogens with one attached hydrogen (secondary N) is 2. The minimum Gasteiger partial charge on any atom is -0.338 e. The number of halogens is 2. The fraction of sp³-hybridized carbons (Fsp3) is 0.0455. The normalized spacial score (nSPS) is 11.8. The molecule has 0 aliphatic rings. The van der Waals surface area contributed by atoms with Gasteiger partial charge < -0.3 is 4.98 Å². The molecule has 0 aliphatic heterocycles. The van der Waals surface area contributed by atoms with Crippen LogP contribution in [-0.2, 0) is 10.0 Å². The van der Waals surface area contributed by atoms with Crippen LogP contribution >= 0.6 is 11.6 Å². The number of hydrogen-bond acceptors (Lipinski definition) is 5. The van der Waals surface area contributed by atoms with Gasteiger partial charge in [0.2, 0.25) is 10.0 Å². The maximum absolute atomic E-state index is 15.0. The van der Waals surface area contributed by atoms with Gasteiger partial charge in [0.1, 0.15) is 16.7 Å². The van der Waals surface area contributed by atoms with Gasteiger partial charge in [0.25, 0.3) is 0 Å². The van der Waals surface area contributed by atoms with Crippen LogP contribution in [0.25, 0.3) is 44.3 Å². The zero-order chi connectivity index (χ0) is 22.3. The van der Waals surface area contributed by atoms with Crippen molar-refractivity contribution < 1.29 is 12.8 Å². The molecular weight excluding hydrogens is 453 g/mol. The van der Waals surface area contributed by atoms with E-state index in [0.717, 1.165) is 22.7 Å². The van der Waals surface area contributed by atoms with Crippen LogP contribution in [0, 0.1) is 5.82 Å². The van der Waals surface area contributed by atoms with E-state index in [2.05, 4.69) is 24.7 Å². The number of aromatic amines is 1. The van der Waals surface area contributed by atoms with Gasteiger partial charge in [-0.2, -0.15) is 0 Å². The average Bonchev–Trinajstić information content (AvgIpc) is 3.18. The van der Waals surface area contributed by atoms with Gasteiger partial charge in [-0.3, -0.25) is 14.7 Å². The lowest BCUT2D eigenvalue weighted by atomic mass is 10.0. The number of nitrogens with zero attached hydrogens (tertiary/aromatic N) is 3. The topological polar surface area (TPSA) is 101 Å². The van der Waals surface area contributed by atoms with Crippen molar-refractivity contribution in [2.45, 2.75) is 0 Å². The Labute approximate surface area is 187 Å². The minimum atomic E-state index is -3.63. The molecule has 0 saturated carbocycles. The SMILES string of the molecule is O=S(=O)(CCl)Nc1ccc(-c2c(F)cnc3[nH]c4cnc(-c5cccnc5)cc4c23)cc1. The number of sulfonamides is 1. The van der Waals surface area contributed by atoms with Crippen molar-refractivity contribution in [2.24, 2.45) is 0 Å². The second-order valence-corrected chi connectivity index (χ2v) is 9.40. The molecule has 4 aromatic heterocycles. The highest BCUT2D eigenvalue weighted by molar-refractivity contribution is 7.93. The van der Waals surface area contributed by atoms with E-state index in [0.29, 0.717) is 33.5 Å². The van der Waals surface area contributed by atoms with E-state index in [1.54, 1.807) is 42.9 Å². The summed E-state index contributed by atoms with van der Waals surface area (Å²) in [6, 6.07) is 12.0. The molecule has 160 valence electrons. The second kappa shape index (κ2) is 7.85. The average molecular weight is 468 g/mol. The first-order chi connectivity index (χ1) is 15.4. The third-order valence-corrected chi connectivity index (χ3v) is 6.70. The van der Waals surface area contributed by atoms with Gasteiger partial charge in [-0.1, -0.05) is 12.1 Å². The van der Waals surface area contributed by atoms with Gasteiger partial charge in [-0.15, -0.1) is 11.6 Å². The predicted octanol–water partition coefficient (Wildman–Crippen LogP) is 4.92. The fourth-order valence-corrected chi connectivity index (χ4v) is 4.31. The molecule has 0 amide bonds. The van der Waals surface area contributed by atoms with Gasteiger partial charge in [-0.25, -0.2) is 17.8 Å². The van der Waals surface area contributed by atoms with E-state index in [1.807, 2.05) is 18.2 Å². The summed E-state index contributed by atoms with van der Waals surface area (Å²) >= 11 is 5.44. The molecule has 0 radical (unpaired) electrons. The Morgan fingerprint density at radius 1 is 1.03 bits per heavy atom. The van der Waals surface area contributed by atoms with Crippen molar-refractivity contribution in [1.82, 2.24) is 19.9 Å². The van der Waals surface area contributed by atoms with Gasteiger partial charge in [-0.05, 0) is 35.9 Å². The van der Waals surface area contributed by atoms with E-state index in [-0.39, 0.29) is 0 Å². The summed E-state index contributed by atoms with van der Waals surface area (Å²) in [7, 11) is -3.63. The van der Waals surface area contributed by atoms with Crippen molar-refractivity contribution in [2.75, 3.05) is 9.93 Å². The van der Waals surface area contributed by atoms with Crippen LogP contribution in [0.15, 0.2) is 67.3 Å². The molecule has 7 nitrogen and oxygen atoms in total. The number of hydrogen-bond donors (Lipinski definition) is 2. The molecule has 0 unspecified atom stereocenters. The smallest absolute Gasteiger partial charge is 0.246 e. The number of aromatic nitrogens is 4. The van der Waals surface area contributed by atoms with Crippen molar-refractivity contribution in [3.63, 3.8) is 0 Å². The molecule has 0 atom stereocenters. The van der Waals surface area contributed by atoms with Gasteiger partial charge >= 0.3 is 0 Å². The maximum atomic E-state index is 15.0. The lowest BCUT2D eigenvalue weighted by Crippen LogP contribution is -2.13. The minimum absolute atomic E-state index is 0.335. The summed E-state index contributed by atoms with van der Waals surface area (Å²) < 4.78 is 40.8. The highest BCUT2D eigenvalue weighted by Gasteiger charge is 2.17. The zero-order valence-corrected chi connectivity index (χ0v) is 18.0. The first-order valence-corrected chi connectivity index (χ1v) is 11.7. The van der Waals surface area contributed by atoms with Crippen molar-refractivity contribution in [3.8, 4) is 22.4 Å². The first-order valence-electron chi connectivity index (χ1n) is 9.48. The molecule has 0 saturated heterocycles. The van der Waals surface area contributed by atoms with Gasteiger partial charge in [0, 0.05) is 40.0 Å². The van der Waals surface area contributed by atoms with Crippen LogP contribution in [0.5, 0.6) is 0 Å². The van der Waals surface area contributed by atoms with Gasteiger partial charge in [0.15, 0.2) is 0 Å². The summed E-state index contributed by atoms with van der Waals surface area (Å²) in [6.07, 6.45) is 6.24. The summed E-state index contributed by atoms with van der Waals surface area (Å²) in [6.45, 7) is 0. The number of benzene rings is 1. The Bertz CT molecular complexity index is 1550. The summed E-state index contributed by atoms with van der Waals surface area (Å²) in [5.74, 6) is -0.493. The first kappa shape index (κ1) is 20.3. The zero-order valence-electron chi connectivity index (χ0n) is 16.4. The molecule has 2 N–H and O–H groups in total. The molecule has 1 aromatic carbocycles. The van der Waals surface area contributed by atoms with Crippen molar-refractivity contribution in [3.05, 3.63) is 73.1 Å². The van der Waals surface area contributed by atoms with E-state index in [9.17, 15) is 8.42 Å². The lowest BCUT2D eigenvalue weighted by Gasteiger charge is -2.09. The molecule has 4 heterocycles. The Balaban J connectivity index is 1.68. The Morgan fingerprint density at radius 3 is 2.56 bits per heavy atom. The maximum Gasteiger partial charge on any atom is 0.246 e. The Hall–Kier alpha value is -3.56. The van der Waals surface area contributed by atoms with Crippen LogP contribution in [0.4, 0.5) is 10.1 Å². The number of anilines is 1.